The highest BCUT2D eigenvalue weighted by Gasteiger charge is 2.34. The van der Waals surface area contributed by atoms with Gasteiger partial charge in [-0.2, -0.15) is 0 Å². The van der Waals surface area contributed by atoms with Gasteiger partial charge in [0.05, 0.1) is 0 Å². The van der Waals surface area contributed by atoms with E-state index in [2.05, 4.69) is 58.6 Å². The number of halogens is 3. The quantitative estimate of drug-likeness (QED) is 0.330. The number of nitrogens with one attached hydrogen (secondary N) is 2. The van der Waals surface area contributed by atoms with Crippen LogP contribution < -0.4 is 10.1 Å². The number of piperidine rings is 1. The van der Waals surface area contributed by atoms with Gasteiger partial charge in [0, 0.05) is 24.7 Å². The highest BCUT2D eigenvalue weighted by atomic mass is 19.4. The lowest BCUT2D eigenvalue weighted by Crippen LogP contribution is -2.44. The molecule has 2 aliphatic rings. The van der Waals surface area contributed by atoms with Gasteiger partial charge in [0.25, 0.3) is 0 Å². The molecule has 1 atom stereocenters. The summed E-state index contributed by atoms with van der Waals surface area (Å²) in [5.74, 6) is 0.612. The van der Waals surface area contributed by atoms with Crippen molar-refractivity contribution in [3.8, 4) is 5.75 Å². The van der Waals surface area contributed by atoms with Gasteiger partial charge in [0.15, 0.2) is 5.96 Å². The van der Waals surface area contributed by atoms with Crippen LogP contribution in [-0.2, 0) is 12.8 Å². The third kappa shape index (κ3) is 5.29. The van der Waals surface area contributed by atoms with E-state index in [0.717, 1.165) is 38.8 Å². The minimum Gasteiger partial charge on any atom is -0.406 e. The summed E-state index contributed by atoms with van der Waals surface area (Å²) in [6.07, 6.45) is -0.592. The topological polar surface area (TPSA) is 48.4 Å². The summed E-state index contributed by atoms with van der Waals surface area (Å²) >= 11 is 0. The molecule has 0 saturated carbocycles. The van der Waals surface area contributed by atoms with Crippen molar-refractivity contribution >= 4 is 11.6 Å². The Kier molecular flexibility index (Phi) is 6.41. The Morgan fingerprint density at radius 1 is 0.886 bits per heavy atom. The van der Waals surface area contributed by atoms with Gasteiger partial charge >= 0.3 is 6.36 Å². The second-order valence-electron chi connectivity index (χ2n) is 9.27. The van der Waals surface area contributed by atoms with E-state index in [1.807, 2.05) is 4.90 Å². The van der Waals surface area contributed by atoms with Crippen LogP contribution in [0.5, 0.6) is 5.75 Å². The summed E-state index contributed by atoms with van der Waals surface area (Å²) in [7, 11) is 0. The van der Waals surface area contributed by atoms with Gasteiger partial charge in [-0.1, -0.05) is 48.5 Å². The predicted octanol–water partition coefficient (Wildman–Crippen LogP) is 6.57. The first-order valence-corrected chi connectivity index (χ1v) is 12.0. The van der Waals surface area contributed by atoms with Crippen LogP contribution in [0, 0.1) is 11.3 Å². The number of guanidine groups is 1. The molecule has 7 heteroatoms. The van der Waals surface area contributed by atoms with Crippen LogP contribution >= 0.6 is 0 Å². The Labute approximate surface area is 203 Å². The Balaban J connectivity index is 1.34. The molecule has 1 aliphatic heterocycles. The number of anilines is 1. The van der Waals surface area contributed by atoms with Crippen molar-refractivity contribution in [3.63, 3.8) is 0 Å². The summed E-state index contributed by atoms with van der Waals surface area (Å²) < 4.78 is 41.2. The van der Waals surface area contributed by atoms with Crippen LogP contribution in [-0.4, -0.2) is 30.3 Å². The molecule has 0 radical (unpaired) electrons. The standard InChI is InChI=1S/C28H28F3N3O/c29-28(30,31)35-23-15-13-22(14-16-23)33-27(32)34-17-5-8-21(18-34)26-24-9-3-1-6-19(24)11-12-20-7-2-4-10-25(20)26/h1-4,6-7,9-10,13-16,21,26H,5,8,11-12,17-18H2,(H2,32,33). The molecule has 35 heavy (non-hydrogen) atoms. The molecule has 1 aliphatic carbocycles. The van der Waals surface area contributed by atoms with Crippen LogP contribution in [0.3, 0.4) is 0 Å². The summed E-state index contributed by atoms with van der Waals surface area (Å²) in [6, 6.07) is 23.0. The number of nitrogens with zero attached hydrogens (tertiary/aromatic N) is 1. The van der Waals surface area contributed by atoms with Gasteiger partial charge in [-0.25, -0.2) is 0 Å². The van der Waals surface area contributed by atoms with Gasteiger partial charge in [-0.05, 0) is 78.1 Å². The molecule has 4 nitrogen and oxygen atoms in total. The highest BCUT2D eigenvalue weighted by Crippen LogP contribution is 2.42. The molecule has 0 spiro atoms. The average Bonchev–Trinajstić information content (AvgIpc) is 3.01. The van der Waals surface area contributed by atoms with Crippen molar-refractivity contribution in [2.75, 3.05) is 18.4 Å². The lowest BCUT2D eigenvalue weighted by Gasteiger charge is -2.39. The summed E-state index contributed by atoms with van der Waals surface area (Å²) in [5, 5.41) is 11.7. The molecule has 182 valence electrons. The van der Waals surface area contributed by atoms with Gasteiger partial charge in [0.1, 0.15) is 5.75 Å². The van der Waals surface area contributed by atoms with E-state index in [1.54, 1.807) is 0 Å². The Bertz CT molecular complexity index is 1150. The average molecular weight is 480 g/mol. The molecule has 1 fully saturated rings. The van der Waals surface area contributed by atoms with E-state index < -0.39 is 6.36 Å². The van der Waals surface area contributed by atoms with Gasteiger partial charge in [-0.15, -0.1) is 13.2 Å². The molecule has 0 aromatic heterocycles. The summed E-state index contributed by atoms with van der Waals surface area (Å²) in [4.78, 5) is 2.05. The SMILES string of the molecule is N=C(Nc1ccc(OC(F)(F)F)cc1)N1CCCC(C2c3ccccc3CCc3ccccc32)C1. The molecule has 2 N–H and O–H groups in total. The van der Waals surface area contributed by atoms with Gasteiger partial charge in [0.2, 0.25) is 0 Å². The third-order valence-electron chi connectivity index (χ3n) is 7.04. The summed E-state index contributed by atoms with van der Waals surface area (Å²) in [5.41, 5.74) is 6.14. The van der Waals surface area contributed by atoms with Crippen LogP contribution in [0.4, 0.5) is 18.9 Å². The number of alkyl halides is 3. The Morgan fingerprint density at radius 3 is 2.09 bits per heavy atom. The normalized spacial score (nSPS) is 18.3. The number of aryl methyl sites for hydroxylation is 2. The number of fused-ring (bicyclic) bond motifs is 2. The minimum atomic E-state index is -4.72. The molecule has 1 saturated heterocycles. The predicted molar refractivity (Wildman–Crippen MR) is 131 cm³/mol. The van der Waals surface area contributed by atoms with Crippen molar-refractivity contribution in [1.82, 2.24) is 4.90 Å². The lowest BCUT2D eigenvalue weighted by atomic mass is 9.75. The first-order valence-electron chi connectivity index (χ1n) is 12.0. The molecule has 0 bridgehead atoms. The number of likely N-dealkylation sites (tertiary alicyclic amines) is 1. The number of rotatable bonds is 3. The van der Waals surface area contributed by atoms with Crippen LogP contribution in [0.2, 0.25) is 0 Å². The monoisotopic (exact) mass is 479 g/mol. The zero-order valence-corrected chi connectivity index (χ0v) is 19.3. The highest BCUT2D eigenvalue weighted by molar-refractivity contribution is 5.91. The largest absolute Gasteiger partial charge is 0.573 e. The Hall–Kier alpha value is -3.48. The molecule has 3 aromatic carbocycles. The number of hydrogen-bond acceptors (Lipinski definition) is 2. The molecular weight excluding hydrogens is 451 g/mol. The fourth-order valence-corrected chi connectivity index (χ4v) is 5.52. The maximum absolute atomic E-state index is 12.4. The third-order valence-corrected chi connectivity index (χ3v) is 7.04. The van der Waals surface area contributed by atoms with E-state index in [0.29, 0.717) is 11.6 Å². The Morgan fingerprint density at radius 2 is 1.49 bits per heavy atom. The lowest BCUT2D eigenvalue weighted by molar-refractivity contribution is -0.274. The van der Waals surface area contributed by atoms with Crippen molar-refractivity contribution in [1.29, 1.82) is 5.41 Å². The van der Waals surface area contributed by atoms with Crippen molar-refractivity contribution in [2.45, 2.75) is 38.0 Å². The second kappa shape index (κ2) is 9.64. The molecule has 0 amide bonds. The van der Waals surface area contributed by atoms with Gasteiger partial charge < -0.3 is 15.0 Å². The van der Waals surface area contributed by atoms with Gasteiger partial charge in [-0.3, -0.25) is 5.41 Å². The fourth-order valence-electron chi connectivity index (χ4n) is 5.52. The van der Waals surface area contributed by atoms with E-state index in [-0.39, 0.29) is 17.6 Å². The second-order valence-corrected chi connectivity index (χ2v) is 9.27. The summed E-state index contributed by atoms with van der Waals surface area (Å²) in [6.45, 7) is 1.52. The molecular formula is C28H28F3N3O. The molecule has 1 heterocycles. The molecule has 3 aromatic rings. The van der Waals surface area contributed by atoms with E-state index >= 15 is 0 Å². The number of benzene rings is 3. The molecule has 1 unspecified atom stereocenters. The minimum absolute atomic E-state index is 0.259. The zero-order valence-electron chi connectivity index (χ0n) is 19.3. The van der Waals surface area contributed by atoms with Crippen LogP contribution in [0.25, 0.3) is 0 Å². The first-order chi connectivity index (χ1) is 16.9. The maximum atomic E-state index is 12.4. The van der Waals surface area contributed by atoms with E-state index in [4.69, 9.17) is 5.41 Å². The van der Waals surface area contributed by atoms with Crippen LogP contribution in [0.1, 0.15) is 41.0 Å². The van der Waals surface area contributed by atoms with Crippen molar-refractivity contribution in [3.05, 3.63) is 95.1 Å². The molecule has 5 rings (SSSR count). The maximum Gasteiger partial charge on any atom is 0.573 e. The number of hydrogen-bond donors (Lipinski definition) is 2. The first kappa shape index (κ1) is 23.3. The zero-order chi connectivity index (χ0) is 24.4. The van der Waals surface area contributed by atoms with Crippen LogP contribution in [0.15, 0.2) is 72.8 Å². The smallest absolute Gasteiger partial charge is 0.406 e. The number of ether oxygens (including phenoxy) is 1. The van der Waals surface area contributed by atoms with Crippen molar-refractivity contribution in [2.24, 2.45) is 5.92 Å². The van der Waals surface area contributed by atoms with E-state index in [9.17, 15) is 13.2 Å². The van der Waals surface area contributed by atoms with Crippen molar-refractivity contribution < 1.29 is 17.9 Å². The van der Waals surface area contributed by atoms with E-state index in [1.165, 1.54) is 46.5 Å². The fraction of sp³-hybridized carbons (Fsp3) is 0.321.